The van der Waals surface area contributed by atoms with Crippen LogP contribution in [0.25, 0.3) is 0 Å². The minimum Gasteiger partial charge on any atom is -0.394 e. The Morgan fingerprint density at radius 2 is 0.780 bits per heavy atom. The average Bonchev–Trinajstić information content (AvgIpc) is 3.12. The summed E-state index contributed by atoms with van der Waals surface area (Å²) in [6.45, 7) is 4.29. The summed E-state index contributed by atoms with van der Waals surface area (Å²) >= 11 is 0. The third-order valence-electron chi connectivity index (χ3n) is 9.76. The van der Waals surface area contributed by atoms with E-state index in [0.717, 1.165) is 38.5 Å². The predicted octanol–water partition coefficient (Wildman–Crippen LogP) is 13.6. The van der Waals surface area contributed by atoms with Crippen molar-refractivity contribution in [2.45, 2.75) is 231 Å². The highest BCUT2D eigenvalue weighted by molar-refractivity contribution is 5.76. The Hall–Kier alpha value is -1.65. The van der Waals surface area contributed by atoms with Crippen LogP contribution < -0.4 is 5.32 Å². The monoisotopic (exact) mass is 700 g/mol. The normalized spacial score (nSPS) is 13.4. The predicted molar refractivity (Wildman–Crippen MR) is 221 cm³/mol. The molecule has 0 bridgehead atoms. The fraction of sp³-hybridized carbons (Fsp3) is 0.804. The van der Waals surface area contributed by atoms with Crippen molar-refractivity contribution < 1.29 is 15.0 Å². The third-order valence-corrected chi connectivity index (χ3v) is 9.76. The molecule has 4 nitrogen and oxygen atoms in total. The molecule has 0 aromatic carbocycles. The molecular formula is C46H85NO3. The second-order valence-corrected chi connectivity index (χ2v) is 14.7. The number of unbranched alkanes of at least 4 members (excludes halogenated alkanes) is 26. The first-order valence-corrected chi connectivity index (χ1v) is 21.9. The molecule has 1 amide bonds. The average molecular weight is 700 g/mol. The maximum absolute atomic E-state index is 12.4. The molecule has 2 unspecified atom stereocenters. The van der Waals surface area contributed by atoms with E-state index in [0.29, 0.717) is 6.42 Å². The van der Waals surface area contributed by atoms with Gasteiger partial charge < -0.3 is 15.5 Å². The van der Waals surface area contributed by atoms with Crippen LogP contribution >= 0.6 is 0 Å². The van der Waals surface area contributed by atoms with Crippen LogP contribution in [0.2, 0.25) is 0 Å². The smallest absolute Gasteiger partial charge is 0.220 e. The number of carbonyl (C=O) groups excluding carboxylic acids is 1. The molecule has 0 rings (SSSR count). The van der Waals surface area contributed by atoms with Crippen LogP contribution in [0.4, 0.5) is 0 Å². The zero-order chi connectivity index (χ0) is 36.4. The Morgan fingerprint density at radius 1 is 0.460 bits per heavy atom. The quantitative estimate of drug-likeness (QED) is 0.0442. The maximum atomic E-state index is 12.4. The lowest BCUT2D eigenvalue weighted by Gasteiger charge is -2.19. The molecule has 0 spiro atoms. The zero-order valence-electron chi connectivity index (χ0n) is 33.4. The molecule has 0 fully saturated rings. The Bertz CT molecular complexity index is 801. The van der Waals surface area contributed by atoms with Crippen LogP contribution in [0.3, 0.4) is 0 Å². The minimum atomic E-state index is -0.871. The van der Waals surface area contributed by atoms with Gasteiger partial charge in [0.1, 0.15) is 0 Å². The first kappa shape index (κ1) is 48.3. The van der Waals surface area contributed by atoms with Gasteiger partial charge in [-0.05, 0) is 70.6 Å². The topological polar surface area (TPSA) is 69.6 Å². The van der Waals surface area contributed by atoms with Crippen molar-refractivity contribution in [2.75, 3.05) is 6.61 Å². The molecule has 50 heavy (non-hydrogen) atoms. The van der Waals surface area contributed by atoms with Crippen LogP contribution in [0, 0.1) is 0 Å². The number of amides is 1. The van der Waals surface area contributed by atoms with Gasteiger partial charge in [0.05, 0.1) is 18.8 Å². The van der Waals surface area contributed by atoms with Crippen molar-refractivity contribution in [3.63, 3.8) is 0 Å². The molecule has 2 atom stereocenters. The van der Waals surface area contributed by atoms with Crippen LogP contribution in [0.1, 0.15) is 219 Å². The Morgan fingerprint density at radius 3 is 1.16 bits per heavy atom. The van der Waals surface area contributed by atoms with Gasteiger partial charge in [-0.3, -0.25) is 4.79 Å². The molecule has 0 saturated heterocycles. The van der Waals surface area contributed by atoms with Gasteiger partial charge >= 0.3 is 0 Å². The summed E-state index contributed by atoms with van der Waals surface area (Å²) in [6.07, 6.45) is 56.4. The summed E-state index contributed by atoms with van der Waals surface area (Å²) in [4.78, 5) is 12.4. The van der Waals surface area contributed by atoms with Gasteiger partial charge in [-0.2, -0.15) is 0 Å². The van der Waals surface area contributed by atoms with Crippen molar-refractivity contribution in [2.24, 2.45) is 0 Å². The molecular weight excluding hydrogens is 615 g/mol. The fourth-order valence-corrected chi connectivity index (χ4v) is 6.38. The van der Waals surface area contributed by atoms with Crippen molar-refractivity contribution >= 4 is 5.91 Å². The van der Waals surface area contributed by atoms with Gasteiger partial charge in [0.15, 0.2) is 0 Å². The highest BCUT2D eigenvalue weighted by Crippen LogP contribution is 2.13. The molecule has 0 heterocycles. The number of aliphatic hydroxyl groups is 2. The van der Waals surface area contributed by atoms with Gasteiger partial charge in [0.2, 0.25) is 5.91 Å². The number of carbonyl (C=O) groups is 1. The molecule has 0 aromatic rings. The van der Waals surface area contributed by atoms with Gasteiger partial charge in [-0.25, -0.2) is 0 Å². The van der Waals surface area contributed by atoms with E-state index in [-0.39, 0.29) is 12.5 Å². The number of hydrogen-bond donors (Lipinski definition) is 3. The van der Waals surface area contributed by atoms with E-state index < -0.39 is 12.1 Å². The number of allylic oxidation sites excluding steroid dienone is 7. The molecule has 0 aliphatic rings. The van der Waals surface area contributed by atoms with Crippen LogP contribution in [0.15, 0.2) is 48.6 Å². The highest BCUT2D eigenvalue weighted by atomic mass is 16.3. The van der Waals surface area contributed by atoms with E-state index >= 15 is 0 Å². The second kappa shape index (κ2) is 41.8. The number of rotatable bonds is 39. The fourth-order valence-electron chi connectivity index (χ4n) is 6.38. The van der Waals surface area contributed by atoms with E-state index in [1.165, 1.54) is 161 Å². The number of nitrogens with one attached hydrogen (secondary N) is 1. The lowest BCUT2D eigenvalue weighted by Crippen LogP contribution is -2.45. The molecule has 292 valence electrons. The molecule has 4 heteroatoms. The Kier molecular flexibility index (Phi) is 40.4. The maximum Gasteiger partial charge on any atom is 0.220 e. The van der Waals surface area contributed by atoms with Gasteiger partial charge in [0.25, 0.3) is 0 Å². The first-order valence-electron chi connectivity index (χ1n) is 21.9. The molecule has 0 aromatic heterocycles. The largest absolute Gasteiger partial charge is 0.394 e. The van der Waals surface area contributed by atoms with Crippen LogP contribution in [-0.2, 0) is 4.79 Å². The molecule has 0 radical (unpaired) electrons. The van der Waals surface area contributed by atoms with Crippen molar-refractivity contribution in [3.05, 3.63) is 48.6 Å². The van der Waals surface area contributed by atoms with Gasteiger partial charge in [0, 0.05) is 6.42 Å². The molecule has 3 N–H and O–H groups in total. The van der Waals surface area contributed by atoms with E-state index in [4.69, 9.17) is 0 Å². The standard InChI is InChI=1S/C46H85NO3/c1-3-5-7-9-11-13-15-17-19-21-22-23-24-26-28-30-32-34-36-38-40-42-46(50)47-44(43-48)45(49)41-39-37-35-33-31-29-27-25-20-18-16-14-12-10-8-6-4-2/h20,23-25,31,33,39,41,44-45,48-49H,3-19,21-22,26-30,32,34-38,40,42-43H2,1-2H3,(H,47,50)/b24-23-,25-20+,33-31+,41-39+. The second-order valence-electron chi connectivity index (χ2n) is 14.7. The van der Waals surface area contributed by atoms with Gasteiger partial charge in [-0.1, -0.05) is 191 Å². The Labute approximate surface area is 312 Å². The van der Waals surface area contributed by atoms with E-state index in [1.54, 1.807) is 6.08 Å². The summed E-state index contributed by atoms with van der Waals surface area (Å²) < 4.78 is 0. The van der Waals surface area contributed by atoms with E-state index in [1.807, 2.05) is 6.08 Å². The third kappa shape index (κ3) is 37.6. The Balaban J connectivity index is 3.64. The summed E-state index contributed by atoms with van der Waals surface area (Å²) in [5.74, 6) is -0.0829. The lowest BCUT2D eigenvalue weighted by molar-refractivity contribution is -0.123. The summed E-state index contributed by atoms with van der Waals surface area (Å²) in [5, 5.41) is 23.0. The highest BCUT2D eigenvalue weighted by Gasteiger charge is 2.17. The van der Waals surface area contributed by atoms with E-state index in [2.05, 4.69) is 55.6 Å². The number of hydrogen-bond acceptors (Lipinski definition) is 3. The van der Waals surface area contributed by atoms with Crippen molar-refractivity contribution in [3.8, 4) is 0 Å². The van der Waals surface area contributed by atoms with Crippen LogP contribution in [-0.4, -0.2) is 34.9 Å². The zero-order valence-corrected chi connectivity index (χ0v) is 33.4. The SMILES string of the molecule is CCCCCCCCC/C=C/CC/C=C/CC/C=C/C(O)C(CO)NC(=O)CCCCCCCCC/C=C\CCCCCCCCCCCC. The summed E-state index contributed by atoms with van der Waals surface area (Å²) in [5.41, 5.74) is 0. The lowest BCUT2D eigenvalue weighted by atomic mass is 10.1. The summed E-state index contributed by atoms with van der Waals surface area (Å²) in [6, 6.07) is -0.647. The summed E-state index contributed by atoms with van der Waals surface area (Å²) in [7, 11) is 0. The minimum absolute atomic E-state index is 0.0829. The van der Waals surface area contributed by atoms with Crippen molar-refractivity contribution in [1.82, 2.24) is 5.32 Å². The van der Waals surface area contributed by atoms with Crippen LogP contribution in [0.5, 0.6) is 0 Å². The number of aliphatic hydroxyl groups excluding tert-OH is 2. The first-order chi connectivity index (χ1) is 24.7. The molecule has 0 aliphatic heterocycles. The molecule has 0 saturated carbocycles. The molecule has 0 aliphatic carbocycles. The van der Waals surface area contributed by atoms with E-state index in [9.17, 15) is 15.0 Å². The van der Waals surface area contributed by atoms with Crippen molar-refractivity contribution in [1.29, 1.82) is 0 Å². The van der Waals surface area contributed by atoms with Gasteiger partial charge in [-0.15, -0.1) is 0 Å².